The van der Waals surface area contributed by atoms with Gasteiger partial charge >= 0.3 is 0 Å². The molecule has 0 radical (unpaired) electrons. The van der Waals surface area contributed by atoms with E-state index in [1.807, 2.05) is 32.0 Å². The summed E-state index contributed by atoms with van der Waals surface area (Å²) in [5.74, 6) is 0.575. The quantitative estimate of drug-likeness (QED) is 0.938. The molecule has 0 amide bonds. The molecular weight excluding hydrogens is 268 g/mol. The summed E-state index contributed by atoms with van der Waals surface area (Å²) in [6, 6.07) is 7.93. The lowest BCUT2D eigenvalue weighted by Crippen LogP contribution is -2.44. The Hall–Kier alpha value is -1.36. The minimum absolute atomic E-state index is 0.566. The van der Waals surface area contributed by atoms with Crippen LogP contribution in [0.25, 0.3) is 11.0 Å². The molecule has 114 valence electrons. The second kappa shape index (κ2) is 5.79. The number of hydrogen-bond acceptors (Lipinski definition) is 4. The summed E-state index contributed by atoms with van der Waals surface area (Å²) in [5, 5.41) is 11.8. The van der Waals surface area contributed by atoms with Crippen molar-refractivity contribution >= 4 is 11.0 Å². The number of benzene rings is 1. The summed E-state index contributed by atoms with van der Waals surface area (Å²) in [4.78, 5) is 0. The van der Waals surface area contributed by atoms with Gasteiger partial charge in [0.1, 0.15) is 23.0 Å². The Morgan fingerprint density at radius 2 is 2.05 bits per heavy atom. The molecule has 0 saturated carbocycles. The van der Waals surface area contributed by atoms with E-state index in [1.54, 1.807) is 0 Å². The molecule has 3 rings (SSSR count). The van der Waals surface area contributed by atoms with Crippen LogP contribution in [0.4, 0.5) is 0 Å². The van der Waals surface area contributed by atoms with Gasteiger partial charge in [-0.2, -0.15) is 0 Å². The molecular formula is C17H22O4. The van der Waals surface area contributed by atoms with E-state index >= 15 is 0 Å². The fourth-order valence-corrected chi connectivity index (χ4v) is 3.08. The van der Waals surface area contributed by atoms with Gasteiger partial charge in [0, 0.05) is 38.0 Å². The highest BCUT2D eigenvalue weighted by Crippen LogP contribution is 2.39. The summed E-state index contributed by atoms with van der Waals surface area (Å²) < 4.78 is 17.2. The first-order valence-corrected chi connectivity index (χ1v) is 7.54. The molecule has 1 aromatic carbocycles. The van der Waals surface area contributed by atoms with Gasteiger partial charge in [-0.3, -0.25) is 0 Å². The van der Waals surface area contributed by atoms with E-state index in [-0.39, 0.29) is 0 Å². The third-order valence-electron chi connectivity index (χ3n) is 4.23. The standard InChI is InChI=1S/C17H22O4/c1-3-20-17(6-8-19-9-7-17)16(18)15-11-13-10-12(2)4-5-14(13)21-15/h4-5,10-11,16,18H,3,6-9H2,1-2H3. The molecule has 1 fully saturated rings. The van der Waals surface area contributed by atoms with E-state index in [9.17, 15) is 5.11 Å². The van der Waals surface area contributed by atoms with Crippen LogP contribution >= 0.6 is 0 Å². The van der Waals surface area contributed by atoms with Crippen molar-refractivity contribution in [3.8, 4) is 0 Å². The highest BCUT2D eigenvalue weighted by molar-refractivity contribution is 5.78. The first kappa shape index (κ1) is 14.6. The predicted octanol–water partition coefficient (Wildman–Crippen LogP) is 3.36. The zero-order valence-corrected chi connectivity index (χ0v) is 12.6. The number of rotatable bonds is 4. The summed E-state index contributed by atoms with van der Waals surface area (Å²) in [5.41, 5.74) is 1.37. The van der Waals surface area contributed by atoms with Gasteiger partial charge in [0.05, 0.1) is 0 Å². The van der Waals surface area contributed by atoms with Crippen LogP contribution in [-0.2, 0) is 9.47 Å². The maximum Gasteiger partial charge on any atom is 0.141 e. The molecule has 21 heavy (non-hydrogen) atoms. The topological polar surface area (TPSA) is 51.8 Å². The van der Waals surface area contributed by atoms with Gasteiger partial charge in [0.25, 0.3) is 0 Å². The molecule has 1 saturated heterocycles. The van der Waals surface area contributed by atoms with Crippen LogP contribution in [0, 0.1) is 6.92 Å². The maximum atomic E-state index is 10.8. The third-order valence-corrected chi connectivity index (χ3v) is 4.23. The molecule has 2 aromatic rings. The molecule has 4 nitrogen and oxygen atoms in total. The van der Waals surface area contributed by atoms with Gasteiger partial charge in [-0.05, 0) is 32.0 Å². The van der Waals surface area contributed by atoms with Crippen LogP contribution in [0.3, 0.4) is 0 Å². The molecule has 1 atom stereocenters. The molecule has 1 N–H and O–H groups in total. The van der Waals surface area contributed by atoms with E-state index < -0.39 is 11.7 Å². The Morgan fingerprint density at radius 1 is 1.29 bits per heavy atom. The minimum Gasteiger partial charge on any atom is -0.458 e. The molecule has 4 heteroatoms. The summed E-state index contributed by atoms with van der Waals surface area (Å²) in [6.07, 6.45) is 0.588. The molecule has 2 heterocycles. The Labute approximate surface area is 124 Å². The second-order valence-corrected chi connectivity index (χ2v) is 5.70. The Bertz CT molecular complexity index is 605. The Kier molecular flexibility index (Phi) is 4.02. The first-order chi connectivity index (χ1) is 10.1. The molecule has 1 aliphatic rings. The van der Waals surface area contributed by atoms with Crippen molar-refractivity contribution in [3.05, 3.63) is 35.6 Å². The Balaban J connectivity index is 1.95. The average Bonchev–Trinajstić information content (AvgIpc) is 2.90. The van der Waals surface area contributed by atoms with Crippen LogP contribution in [0.1, 0.15) is 37.2 Å². The Morgan fingerprint density at radius 3 is 2.76 bits per heavy atom. The monoisotopic (exact) mass is 290 g/mol. The number of furan rings is 1. The molecule has 0 spiro atoms. The van der Waals surface area contributed by atoms with Crippen molar-refractivity contribution in [1.82, 2.24) is 0 Å². The molecule has 1 unspecified atom stereocenters. The van der Waals surface area contributed by atoms with E-state index in [0.29, 0.717) is 38.4 Å². The third kappa shape index (κ3) is 2.71. The lowest BCUT2D eigenvalue weighted by Gasteiger charge is -2.39. The zero-order valence-electron chi connectivity index (χ0n) is 12.6. The average molecular weight is 290 g/mol. The lowest BCUT2D eigenvalue weighted by molar-refractivity contribution is -0.172. The first-order valence-electron chi connectivity index (χ1n) is 7.54. The number of hydrogen-bond donors (Lipinski definition) is 1. The number of fused-ring (bicyclic) bond motifs is 1. The van der Waals surface area contributed by atoms with Gasteiger partial charge < -0.3 is 19.0 Å². The normalized spacial score (nSPS) is 19.8. The smallest absolute Gasteiger partial charge is 0.141 e. The van der Waals surface area contributed by atoms with Crippen molar-refractivity contribution in [3.63, 3.8) is 0 Å². The van der Waals surface area contributed by atoms with Crippen LogP contribution < -0.4 is 0 Å². The summed E-state index contributed by atoms with van der Waals surface area (Å²) in [6.45, 7) is 5.78. The van der Waals surface area contributed by atoms with Crippen molar-refractivity contribution in [2.45, 2.75) is 38.4 Å². The van der Waals surface area contributed by atoms with Crippen LogP contribution in [-0.4, -0.2) is 30.5 Å². The number of aliphatic hydroxyl groups excluding tert-OH is 1. The molecule has 1 aromatic heterocycles. The van der Waals surface area contributed by atoms with Gasteiger partial charge in [-0.15, -0.1) is 0 Å². The van der Waals surface area contributed by atoms with Crippen molar-refractivity contribution in [2.24, 2.45) is 0 Å². The van der Waals surface area contributed by atoms with Crippen LogP contribution in [0.5, 0.6) is 0 Å². The molecule has 0 aliphatic carbocycles. The largest absolute Gasteiger partial charge is 0.458 e. The van der Waals surface area contributed by atoms with Gasteiger partial charge in [-0.25, -0.2) is 0 Å². The second-order valence-electron chi connectivity index (χ2n) is 5.70. The fraction of sp³-hybridized carbons (Fsp3) is 0.529. The minimum atomic E-state index is -0.769. The van der Waals surface area contributed by atoms with E-state index in [0.717, 1.165) is 11.0 Å². The van der Waals surface area contributed by atoms with E-state index in [4.69, 9.17) is 13.9 Å². The van der Waals surface area contributed by atoms with Crippen LogP contribution in [0.15, 0.2) is 28.7 Å². The van der Waals surface area contributed by atoms with Gasteiger partial charge in [0.15, 0.2) is 0 Å². The predicted molar refractivity (Wildman–Crippen MR) is 80.3 cm³/mol. The molecule has 0 bridgehead atoms. The maximum absolute atomic E-state index is 10.8. The summed E-state index contributed by atoms with van der Waals surface area (Å²) in [7, 11) is 0. The van der Waals surface area contributed by atoms with Crippen molar-refractivity contribution in [1.29, 1.82) is 0 Å². The highest BCUT2D eigenvalue weighted by atomic mass is 16.5. The SMILES string of the molecule is CCOC1(C(O)c2cc3cc(C)ccc3o2)CCOCC1. The van der Waals surface area contributed by atoms with Crippen molar-refractivity contribution < 1.29 is 19.0 Å². The number of ether oxygens (including phenoxy) is 2. The highest BCUT2D eigenvalue weighted by Gasteiger charge is 2.42. The summed E-state index contributed by atoms with van der Waals surface area (Å²) >= 11 is 0. The van der Waals surface area contributed by atoms with Crippen LogP contribution in [0.2, 0.25) is 0 Å². The molecule has 1 aliphatic heterocycles. The number of aryl methyl sites for hydroxylation is 1. The zero-order chi connectivity index (χ0) is 14.9. The number of aliphatic hydroxyl groups is 1. The van der Waals surface area contributed by atoms with E-state index in [2.05, 4.69) is 6.07 Å². The lowest BCUT2D eigenvalue weighted by atomic mass is 9.86. The fourth-order valence-electron chi connectivity index (χ4n) is 3.08. The van der Waals surface area contributed by atoms with Crippen molar-refractivity contribution in [2.75, 3.05) is 19.8 Å². The van der Waals surface area contributed by atoms with Gasteiger partial charge in [0.2, 0.25) is 0 Å². The van der Waals surface area contributed by atoms with Gasteiger partial charge in [-0.1, -0.05) is 11.6 Å². The van der Waals surface area contributed by atoms with E-state index in [1.165, 1.54) is 5.56 Å².